The standard InChI is InChI=1S/C11H8BrF2N3O2/c12-10-5-17(6-15-16-10)4-7-1-2-8-9(3-7)19-11(13,14)18-8/h1-3,6H,4-5H2. The first-order valence-corrected chi connectivity index (χ1v) is 6.19. The van der Waals surface area contributed by atoms with Crippen molar-refractivity contribution >= 4 is 26.9 Å². The Bertz CT molecular complexity index is 577. The van der Waals surface area contributed by atoms with Gasteiger partial charge in [0, 0.05) is 6.54 Å². The molecule has 1 aromatic rings. The number of alkyl halides is 2. The van der Waals surface area contributed by atoms with Gasteiger partial charge in [-0.25, -0.2) is 0 Å². The van der Waals surface area contributed by atoms with Crippen molar-refractivity contribution in [1.29, 1.82) is 0 Å². The third-order valence-electron chi connectivity index (χ3n) is 2.57. The molecule has 5 nitrogen and oxygen atoms in total. The van der Waals surface area contributed by atoms with E-state index in [0.717, 1.165) is 5.56 Å². The Morgan fingerprint density at radius 1 is 1.32 bits per heavy atom. The summed E-state index contributed by atoms with van der Waals surface area (Å²) < 4.78 is 35.2. The minimum absolute atomic E-state index is 0.0452. The number of halogens is 3. The average Bonchev–Trinajstić information content (AvgIpc) is 2.62. The zero-order chi connectivity index (χ0) is 13.5. The van der Waals surface area contributed by atoms with Crippen LogP contribution >= 0.6 is 15.9 Å². The summed E-state index contributed by atoms with van der Waals surface area (Å²) in [6, 6.07) is 4.70. The quantitative estimate of drug-likeness (QED) is 0.836. The number of rotatable bonds is 2. The van der Waals surface area contributed by atoms with Crippen LogP contribution in [0.5, 0.6) is 11.5 Å². The van der Waals surface area contributed by atoms with Gasteiger partial charge in [-0.2, -0.15) is 0 Å². The van der Waals surface area contributed by atoms with E-state index in [1.54, 1.807) is 12.4 Å². The van der Waals surface area contributed by atoms with E-state index in [2.05, 4.69) is 35.6 Å². The molecule has 0 saturated carbocycles. The number of benzene rings is 1. The van der Waals surface area contributed by atoms with Gasteiger partial charge in [0.2, 0.25) is 0 Å². The van der Waals surface area contributed by atoms with Crippen molar-refractivity contribution in [3.05, 3.63) is 23.8 Å². The summed E-state index contributed by atoms with van der Waals surface area (Å²) >= 11 is 3.26. The maximum absolute atomic E-state index is 12.9. The largest absolute Gasteiger partial charge is 0.586 e. The first-order chi connectivity index (χ1) is 9.02. The van der Waals surface area contributed by atoms with Crippen LogP contribution in [-0.2, 0) is 6.54 Å². The lowest BCUT2D eigenvalue weighted by Crippen LogP contribution is -2.28. The number of ether oxygens (including phenoxy) is 2. The van der Waals surface area contributed by atoms with E-state index >= 15 is 0 Å². The summed E-state index contributed by atoms with van der Waals surface area (Å²) in [5.74, 6) is 0.0907. The molecule has 100 valence electrons. The van der Waals surface area contributed by atoms with Gasteiger partial charge in [-0.1, -0.05) is 6.07 Å². The summed E-state index contributed by atoms with van der Waals surface area (Å²) in [6.07, 6.45) is -1.99. The highest BCUT2D eigenvalue weighted by Gasteiger charge is 2.43. The molecule has 0 amide bonds. The number of hydrogen-bond acceptors (Lipinski definition) is 5. The molecule has 1 aromatic carbocycles. The predicted molar refractivity (Wildman–Crippen MR) is 67.9 cm³/mol. The van der Waals surface area contributed by atoms with Crippen molar-refractivity contribution < 1.29 is 18.3 Å². The second-order valence-corrected chi connectivity index (χ2v) is 4.98. The van der Waals surface area contributed by atoms with Crippen LogP contribution < -0.4 is 9.47 Å². The Labute approximate surface area is 115 Å². The van der Waals surface area contributed by atoms with Crippen LogP contribution in [0.4, 0.5) is 8.78 Å². The Balaban J connectivity index is 1.74. The summed E-state index contributed by atoms with van der Waals surface area (Å²) in [7, 11) is 0. The fourth-order valence-electron chi connectivity index (χ4n) is 1.82. The molecular formula is C11H8BrF2N3O2. The zero-order valence-electron chi connectivity index (χ0n) is 9.52. The maximum Gasteiger partial charge on any atom is 0.586 e. The highest BCUT2D eigenvalue weighted by Crippen LogP contribution is 2.41. The van der Waals surface area contributed by atoms with Gasteiger partial charge in [-0.3, -0.25) is 0 Å². The molecular weight excluding hydrogens is 324 g/mol. The van der Waals surface area contributed by atoms with E-state index in [0.29, 0.717) is 17.7 Å². The Morgan fingerprint density at radius 2 is 2.11 bits per heavy atom. The molecule has 8 heteroatoms. The molecule has 2 aliphatic rings. The Kier molecular flexibility index (Phi) is 2.89. The van der Waals surface area contributed by atoms with Crippen LogP contribution in [0.3, 0.4) is 0 Å². The van der Waals surface area contributed by atoms with Gasteiger partial charge in [0.1, 0.15) is 11.0 Å². The second kappa shape index (κ2) is 4.44. The predicted octanol–water partition coefficient (Wildman–Crippen LogP) is 2.56. The van der Waals surface area contributed by atoms with Gasteiger partial charge >= 0.3 is 6.29 Å². The smallest absolute Gasteiger partial charge is 0.395 e. The third kappa shape index (κ3) is 2.67. The van der Waals surface area contributed by atoms with E-state index in [9.17, 15) is 8.78 Å². The van der Waals surface area contributed by atoms with Crippen molar-refractivity contribution in [2.75, 3.05) is 6.54 Å². The van der Waals surface area contributed by atoms with Gasteiger partial charge in [-0.05, 0) is 33.6 Å². The molecule has 2 heterocycles. The van der Waals surface area contributed by atoms with Crippen LogP contribution in [0, 0.1) is 0 Å². The summed E-state index contributed by atoms with van der Waals surface area (Å²) in [5, 5.41) is 7.61. The molecule has 0 fully saturated rings. The van der Waals surface area contributed by atoms with Crippen LogP contribution in [0.1, 0.15) is 5.56 Å². The van der Waals surface area contributed by atoms with Crippen molar-refractivity contribution in [3.8, 4) is 11.5 Å². The van der Waals surface area contributed by atoms with Gasteiger partial charge in [0.25, 0.3) is 0 Å². The Morgan fingerprint density at radius 3 is 2.89 bits per heavy atom. The molecule has 0 spiro atoms. The lowest BCUT2D eigenvalue weighted by molar-refractivity contribution is -0.286. The van der Waals surface area contributed by atoms with Gasteiger partial charge in [0.05, 0.1) is 6.54 Å². The van der Waals surface area contributed by atoms with Crippen molar-refractivity contribution in [2.24, 2.45) is 10.2 Å². The number of hydrogen-bond donors (Lipinski definition) is 0. The van der Waals surface area contributed by atoms with E-state index < -0.39 is 6.29 Å². The topological polar surface area (TPSA) is 46.4 Å². The monoisotopic (exact) mass is 331 g/mol. The molecule has 0 atom stereocenters. The van der Waals surface area contributed by atoms with Crippen molar-refractivity contribution in [1.82, 2.24) is 4.90 Å². The lowest BCUT2D eigenvalue weighted by atomic mass is 10.2. The van der Waals surface area contributed by atoms with Gasteiger partial charge < -0.3 is 14.4 Å². The summed E-state index contributed by atoms with van der Waals surface area (Å²) in [5.41, 5.74) is 0.814. The highest BCUT2D eigenvalue weighted by atomic mass is 79.9. The van der Waals surface area contributed by atoms with E-state index in [1.807, 2.05) is 4.90 Å². The van der Waals surface area contributed by atoms with Crippen LogP contribution in [-0.4, -0.2) is 28.7 Å². The van der Waals surface area contributed by atoms with Gasteiger partial charge in [-0.15, -0.1) is 19.0 Å². The molecule has 0 radical (unpaired) electrons. The molecule has 0 aliphatic carbocycles. The van der Waals surface area contributed by atoms with Crippen LogP contribution in [0.25, 0.3) is 0 Å². The van der Waals surface area contributed by atoms with E-state index in [1.165, 1.54) is 12.1 Å². The summed E-state index contributed by atoms with van der Waals surface area (Å²) in [6.45, 7) is 1.09. The number of fused-ring (bicyclic) bond motifs is 1. The van der Waals surface area contributed by atoms with E-state index in [-0.39, 0.29) is 11.5 Å². The minimum atomic E-state index is -3.58. The highest BCUT2D eigenvalue weighted by molar-refractivity contribution is 9.18. The fourth-order valence-corrected chi connectivity index (χ4v) is 2.24. The SMILES string of the molecule is FC1(F)Oc2ccc(CN3C=NN=C(Br)C3)cc2O1. The second-order valence-electron chi connectivity index (χ2n) is 4.06. The molecule has 19 heavy (non-hydrogen) atoms. The lowest BCUT2D eigenvalue weighted by Gasteiger charge is -2.20. The fraction of sp³-hybridized carbons (Fsp3) is 0.273. The molecule has 3 rings (SSSR count). The van der Waals surface area contributed by atoms with Crippen molar-refractivity contribution in [2.45, 2.75) is 12.8 Å². The minimum Gasteiger partial charge on any atom is -0.395 e. The van der Waals surface area contributed by atoms with Crippen molar-refractivity contribution in [3.63, 3.8) is 0 Å². The normalized spacial score (nSPS) is 19.5. The Hall–Kier alpha value is -1.70. The first-order valence-electron chi connectivity index (χ1n) is 5.40. The van der Waals surface area contributed by atoms with Crippen LogP contribution in [0.2, 0.25) is 0 Å². The summed E-state index contributed by atoms with van der Waals surface area (Å²) in [4.78, 5) is 1.88. The average molecular weight is 332 g/mol. The third-order valence-corrected chi connectivity index (χ3v) is 2.98. The molecule has 2 aliphatic heterocycles. The molecule has 0 N–H and O–H groups in total. The maximum atomic E-state index is 12.9. The van der Waals surface area contributed by atoms with Gasteiger partial charge in [0.15, 0.2) is 11.5 Å². The number of nitrogens with zero attached hydrogens (tertiary/aromatic N) is 3. The molecule has 0 unspecified atom stereocenters. The van der Waals surface area contributed by atoms with E-state index in [4.69, 9.17) is 0 Å². The first kappa shape index (κ1) is 12.3. The molecule has 0 saturated heterocycles. The zero-order valence-corrected chi connectivity index (χ0v) is 11.1. The molecule has 0 bridgehead atoms. The van der Waals surface area contributed by atoms with Crippen LogP contribution in [0.15, 0.2) is 28.4 Å². The molecule has 0 aromatic heterocycles.